The number of anilines is 1. The molecule has 152 valence electrons. The summed E-state index contributed by atoms with van der Waals surface area (Å²) in [6, 6.07) is 16.5. The Morgan fingerprint density at radius 2 is 1.77 bits per heavy atom. The van der Waals surface area contributed by atoms with E-state index in [1.807, 2.05) is 37.2 Å². The predicted octanol–water partition coefficient (Wildman–Crippen LogP) is 4.31. The Balaban J connectivity index is 1.97. The molecule has 0 amide bonds. The van der Waals surface area contributed by atoms with Gasteiger partial charge in [0.05, 0.1) is 24.3 Å². The Labute approximate surface area is 173 Å². The number of aromatic carboxylic acids is 1. The molecule has 1 heterocycles. The zero-order chi connectivity index (χ0) is 21.7. The highest BCUT2D eigenvalue weighted by molar-refractivity contribution is 5.88. The van der Waals surface area contributed by atoms with Crippen LogP contribution in [-0.2, 0) is 0 Å². The number of rotatable bonds is 7. The maximum Gasteiger partial charge on any atom is 0.336 e. The minimum atomic E-state index is -1.16. The van der Waals surface area contributed by atoms with E-state index in [1.54, 1.807) is 24.3 Å². The van der Waals surface area contributed by atoms with Crippen molar-refractivity contribution in [2.45, 2.75) is 0 Å². The SMILES string of the molecule is COc1ccc(C#N)cc1Oc1cc(C(=O)O)cc(Oc2cccc(N(C)C)c2)n1. The Hall–Kier alpha value is -4.25. The van der Waals surface area contributed by atoms with Crippen molar-refractivity contribution in [3.05, 3.63) is 65.7 Å². The molecule has 0 aliphatic carbocycles. The minimum Gasteiger partial charge on any atom is -0.493 e. The summed E-state index contributed by atoms with van der Waals surface area (Å²) in [5.41, 5.74) is 1.21. The number of nitrogens with zero attached hydrogens (tertiary/aromatic N) is 3. The Kier molecular flexibility index (Phi) is 6.03. The van der Waals surface area contributed by atoms with Gasteiger partial charge >= 0.3 is 5.97 Å². The molecule has 0 fully saturated rings. The van der Waals surface area contributed by atoms with Crippen LogP contribution in [0.25, 0.3) is 0 Å². The van der Waals surface area contributed by atoms with Crippen molar-refractivity contribution in [3.8, 4) is 35.1 Å². The zero-order valence-corrected chi connectivity index (χ0v) is 16.6. The molecule has 1 aromatic heterocycles. The lowest BCUT2D eigenvalue weighted by Crippen LogP contribution is -2.08. The monoisotopic (exact) mass is 405 g/mol. The van der Waals surface area contributed by atoms with Crippen molar-refractivity contribution < 1.29 is 24.1 Å². The first-order valence-corrected chi connectivity index (χ1v) is 8.86. The van der Waals surface area contributed by atoms with Crippen LogP contribution in [0.4, 0.5) is 5.69 Å². The summed E-state index contributed by atoms with van der Waals surface area (Å²) in [6.07, 6.45) is 0. The highest BCUT2D eigenvalue weighted by atomic mass is 16.5. The van der Waals surface area contributed by atoms with Gasteiger partial charge in [-0.15, -0.1) is 0 Å². The molecule has 8 nitrogen and oxygen atoms in total. The molecule has 0 aliphatic rings. The first kappa shape index (κ1) is 20.5. The molecule has 2 aromatic carbocycles. The third kappa shape index (κ3) is 4.77. The minimum absolute atomic E-state index is 0.0120. The van der Waals surface area contributed by atoms with Crippen molar-refractivity contribution in [1.82, 2.24) is 4.98 Å². The number of methoxy groups -OCH3 is 1. The molecule has 8 heteroatoms. The first-order chi connectivity index (χ1) is 14.4. The predicted molar refractivity (Wildman–Crippen MR) is 110 cm³/mol. The second-order valence-corrected chi connectivity index (χ2v) is 6.41. The summed E-state index contributed by atoms with van der Waals surface area (Å²) >= 11 is 0. The number of benzene rings is 2. The molecular formula is C22H19N3O5. The lowest BCUT2D eigenvalue weighted by Gasteiger charge is -2.14. The average Bonchev–Trinajstić information content (AvgIpc) is 2.73. The molecule has 0 radical (unpaired) electrons. The molecular weight excluding hydrogens is 386 g/mol. The number of nitriles is 1. The van der Waals surface area contributed by atoms with Crippen molar-refractivity contribution in [3.63, 3.8) is 0 Å². The highest BCUT2D eigenvalue weighted by Gasteiger charge is 2.14. The van der Waals surface area contributed by atoms with Gasteiger partial charge in [0.1, 0.15) is 5.75 Å². The zero-order valence-electron chi connectivity index (χ0n) is 16.6. The van der Waals surface area contributed by atoms with Crippen LogP contribution in [0.3, 0.4) is 0 Å². The maximum atomic E-state index is 11.6. The molecule has 0 unspecified atom stereocenters. The lowest BCUT2D eigenvalue weighted by molar-refractivity contribution is 0.0696. The normalized spacial score (nSPS) is 10.1. The average molecular weight is 405 g/mol. The van der Waals surface area contributed by atoms with Crippen LogP contribution in [0.2, 0.25) is 0 Å². The third-order valence-corrected chi connectivity index (χ3v) is 4.09. The van der Waals surface area contributed by atoms with E-state index in [0.29, 0.717) is 17.1 Å². The summed E-state index contributed by atoms with van der Waals surface area (Å²) in [5, 5.41) is 18.6. The van der Waals surface area contributed by atoms with Crippen molar-refractivity contribution in [2.24, 2.45) is 0 Å². The fraction of sp³-hybridized carbons (Fsp3) is 0.136. The van der Waals surface area contributed by atoms with E-state index in [1.165, 1.54) is 25.3 Å². The number of ether oxygens (including phenoxy) is 3. The summed E-state index contributed by atoms with van der Waals surface area (Å²) < 4.78 is 16.8. The van der Waals surface area contributed by atoms with Gasteiger partial charge in [0, 0.05) is 44.0 Å². The van der Waals surface area contributed by atoms with Gasteiger partial charge in [0.2, 0.25) is 11.8 Å². The van der Waals surface area contributed by atoms with Gasteiger partial charge in [-0.25, -0.2) is 4.79 Å². The molecule has 3 rings (SSSR count). The van der Waals surface area contributed by atoms with Crippen LogP contribution in [0, 0.1) is 11.3 Å². The molecule has 0 atom stereocenters. The summed E-state index contributed by atoms with van der Waals surface area (Å²) in [7, 11) is 5.26. The Bertz CT molecular complexity index is 1120. The number of carboxylic acids is 1. The van der Waals surface area contributed by atoms with E-state index in [9.17, 15) is 9.90 Å². The van der Waals surface area contributed by atoms with E-state index in [-0.39, 0.29) is 23.1 Å². The van der Waals surface area contributed by atoms with Crippen molar-refractivity contribution in [1.29, 1.82) is 5.26 Å². The van der Waals surface area contributed by atoms with Crippen LogP contribution in [-0.4, -0.2) is 37.3 Å². The maximum absolute atomic E-state index is 11.6. The number of carboxylic acid groups (broad SMARTS) is 1. The smallest absolute Gasteiger partial charge is 0.336 e. The molecule has 0 saturated carbocycles. The number of carbonyl (C=O) groups is 1. The standard InChI is InChI=1S/C22H19N3O5/c1-25(2)16-5-4-6-17(12-16)29-20-10-15(22(26)27)11-21(24-20)30-19-9-14(13-23)7-8-18(19)28-3/h4-12H,1-3H3,(H,26,27). The van der Waals surface area contributed by atoms with Gasteiger partial charge in [-0.3, -0.25) is 0 Å². The Morgan fingerprint density at radius 3 is 2.40 bits per heavy atom. The number of hydrogen-bond donors (Lipinski definition) is 1. The number of pyridine rings is 1. The summed E-state index contributed by atoms with van der Waals surface area (Å²) in [5.74, 6) is -0.0266. The topological polar surface area (TPSA) is 105 Å². The van der Waals surface area contributed by atoms with Gasteiger partial charge in [0.15, 0.2) is 11.5 Å². The quantitative estimate of drug-likeness (QED) is 0.620. The van der Waals surface area contributed by atoms with Gasteiger partial charge in [0.25, 0.3) is 0 Å². The van der Waals surface area contributed by atoms with E-state index in [0.717, 1.165) is 5.69 Å². The van der Waals surface area contributed by atoms with Crippen LogP contribution in [0.1, 0.15) is 15.9 Å². The Morgan fingerprint density at radius 1 is 1.03 bits per heavy atom. The van der Waals surface area contributed by atoms with E-state index in [4.69, 9.17) is 19.5 Å². The molecule has 1 N–H and O–H groups in total. The molecule has 0 aliphatic heterocycles. The largest absolute Gasteiger partial charge is 0.493 e. The molecule has 3 aromatic rings. The lowest BCUT2D eigenvalue weighted by atomic mass is 10.2. The van der Waals surface area contributed by atoms with Gasteiger partial charge in [-0.1, -0.05) is 6.07 Å². The molecule has 0 spiro atoms. The van der Waals surface area contributed by atoms with Crippen LogP contribution in [0.15, 0.2) is 54.6 Å². The van der Waals surface area contributed by atoms with Gasteiger partial charge in [-0.2, -0.15) is 10.2 Å². The number of hydrogen-bond acceptors (Lipinski definition) is 7. The van der Waals surface area contributed by atoms with Crippen molar-refractivity contribution in [2.75, 3.05) is 26.1 Å². The first-order valence-electron chi connectivity index (χ1n) is 8.86. The molecule has 0 bridgehead atoms. The van der Waals surface area contributed by atoms with E-state index < -0.39 is 5.97 Å². The van der Waals surface area contributed by atoms with E-state index in [2.05, 4.69) is 4.98 Å². The molecule has 0 saturated heterocycles. The fourth-order valence-corrected chi connectivity index (χ4v) is 2.59. The molecule has 30 heavy (non-hydrogen) atoms. The summed E-state index contributed by atoms with van der Waals surface area (Å²) in [6.45, 7) is 0. The highest BCUT2D eigenvalue weighted by Crippen LogP contribution is 2.33. The fourth-order valence-electron chi connectivity index (χ4n) is 2.59. The van der Waals surface area contributed by atoms with Crippen molar-refractivity contribution >= 4 is 11.7 Å². The van der Waals surface area contributed by atoms with Crippen LogP contribution in [0.5, 0.6) is 29.0 Å². The van der Waals surface area contributed by atoms with Gasteiger partial charge < -0.3 is 24.2 Å². The third-order valence-electron chi connectivity index (χ3n) is 4.09. The van der Waals surface area contributed by atoms with Gasteiger partial charge in [-0.05, 0) is 24.3 Å². The van der Waals surface area contributed by atoms with Crippen LogP contribution >= 0.6 is 0 Å². The van der Waals surface area contributed by atoms with E-state index >= 15 is 0 Å². The van der Waals surface area contributed by atoms with Crippen LogP contribution < -0.4 is 19.1 Å². The number of aromatic nitrogens is 1. The summed E-state index contributed by atoms with van der Waals surface area (Å²) in [4.78, 5) is 17.7. The second kappa shape index (κ2) is 8.84. The second-order valence-electron chi connectivity index (χ2n) is 6.41.